The molecule has 1 fully saturated rings. The van der Waals surface area contributed by atoms with Gasteiger partial charge in [0, 0.05) is 18.8 Å². The van der Waals surface area contributed by atoms with Crippen LogP contribution in [0.1, 0.15) is 20.8 Å². The van der Waals surface area contributed by atoms with Gasteiger partial charge in [-0.1, -0.05) is 23.2 Å². The molecule has 3 rings (SSSR count). The van der Waals surface area contributed by atoms with Crippen molar-refractivity contribution in [2.75, 3.05) is 31.6 Å². The Bertz CT molecular complexity index is 857. The molecular formula is C17H14Cl2FN3O3. The topological polar surface area (TPSA) is 71.5 Å². The number of morpholine rings is 1. The third-order valence-corrected chi connectivity index (χ3v) is 4.31. The second-order valence-corrected chi connectivity index (χ2v) is 6.31. The van der Waals surface area contributed by atoms with E-state index >= 15 is 0 Å². The van der Waals surface area contributed by atoms with Crippen LogP contribution >= 0.6 is 23.2 Å². The van der Waals surface area contributed by atoms with Crippen LogP contribution < -0.4 is 5.32 Å². The van der Waals surface area contributed by atoms with Gasteiger partial charge in [-0.25, -0.2) is 9.37 Å². The number of nitrogens with one attached hydrogen (secondary N) is 1. The summed E-state index contributed by atoms with van der Waals surface area (Å²) in [5.74, 6) is -1.77. The second-order valence-electron chi connectivity index (χ2n) is 5.52. The highest BCUT2D eigenvalue weighted by atomic mass is 35.5. The molecule has 0 aliphatic carbocycles. The van der Waals surface area contributed by atoms with Crippen molar-refractivity contribution in [3.8, 4) is 0 Å². The van der Waals surface area contributed by atoms with Gasteiger partial charge < -0.3 is 15.0 Å². The number of amides is 2. The van der Waals surface area contributed by atoms with Crippen molar-refractivity contribution in [2.24, 2.45) is 0 Å². The first-order valence-electron chi connectivity index (χ1n) is 7.75. The minimum absolute atomic E-state index is 0.000961. The fraction of sp³-hybridized carbons (Fsp3) is 0.235. The fourth-order valence-electron chi connectivity index (χ4n) is 2.47. The number of nitrogens with zero attached hydrogens (tertiary/aromatic N) is 2. The molecule has 2 aromatic rings. The summed E-state index contributed by atoms with van der Waals surface area (Å²) in [5, 5.41) is 2.66. The zero-order valence-electron chi connectivity index (χ0n) is 13.5. The van der Waals surface area contributed by atoms with Crippen LogP contribution in [0.2, 0.25) is 10.2 Å². The lowest BCUT2D eigenvalue weighted by atomic mass is 10.1. The fourth-order valence-corrected chi connectivity index (χ4v) is 2.88. The first-order chi connectivity index (χ1) is 12.5. The Morgan fingerprint density at radius 3 is 2.58 bits per heavy atom. The van der Waals surface area contributed by atoms with E-state index in [0.29, 0.717) is 37.6 Å². The minimum atomic E-state index is -0.794. The molecule has 1 saturated heterocycles. The van der Waals surface area contributed by atoms with Crippen molar-refractivity contribution >= 4 is 40.7 Å². The summed E-state index contributed by atoms with van der Waals surface area (Å²) in [5.41, 5.74) is 0.195. The van der Waals surface area contributed by atoms with E-state index in [2.05, 4.69) is 10.3 Å². The average molecular weight is 398 g/mol. The van der Waals surface area contributed by atoms with Gasteiger partial charge in [-0.3, -0.25) is 9.59 Å². The zero-order chi connectivity index (χ0) is 18.7. The number of anilines is 1. The van der Waals surface area contributed by atoms with Crippen molar-refractivity contribution in [1.29, 1.82) is 0 Å². The molecule has 0 radical (unpaired) electrons. The summed E-state index contributed by atoms with van der Waals surface area (Å²) in [7, 11) is 0. The van der Waals surface area contributed by atoms with E-state index in [0.717, 1.165) is 6.07 Å². The number of carbonyl (C=O) groups excluding carboxylic acids is 2. The molecule has 6 nitrogen and oxygen atoms in total. The third kappa shape index (κ3) is 4.12. The maximum absolute atomic E-state index is 13.7. The monoisotopic (exact) mass is 397 g/mol. The maximum Gasteiger partial charge on any atom is 0.277 e. The third-order valence-electron chi connectivity index (χ3n) is 3.78. The summed E-state index contributed by atoms with van der Waals surface area (Å²) in [6.45, 7) is 1.95. The molecule has 1 aromatic heterocycles. The Kier molecular flexibility index (Phi) is 5.70. The van der Waals surface area contributed by atoms with Crippen molar-refractivity contribution in [2.45, 2.75) is 0 Å². The highest BCUT2D eigenvalue weighted by molar-refractivity contribution is 6.34. The smallest absolute Gasteiger partial charge is 0.277 e. The van der Waals surface area contributed by atoms with Crippen LogP contribution in [0.5, 0.6) is 0 Å². The van der Waals surface area contributed by atoms with Gasteiger partial charge in [0.2, 0.25) is 0 Å². The number of halogens is 3. The van der Waals surface area contributed by atoms with Crippen LogP contribution in [0.4, 0.5) is 10.1 Å². The normalized spacial score (nSPS) is 14.2. The molecular weight excluding hydrogens is 384 g/mol. The Balaban J connectivity index is 1.76. The second kappa shape index (κ2) is 7.99. The molecule has 1 aliphatic heterocycles. The largest absolute Gasteiger partial charge is 0.378 e. The lowest BCUT2D eigenvalue weighted by Gasteiger charge is -2.27. The van der Waals surface area contributed by atoms with Crippen molar-refractivity contribution < 1.29 is 18.7 Å². The summed E-state index contributed by atoms with van der Waals surface area (Å²) in [4.78, 5) is 30.0. The Hall–Kier alpha value is -2.22. The molecule has 1 N–H and O–H groups in total. The van der Waals surface area contributed by atoms with Crippen LogP contribution in [0.3, 0.4) is 0 Å². The quantitative estimate of drug-likeness (QED) is 0.806. The van der Waals surface area contributed by atoms with Crippen molar-refractivity contribution in [3.05, 3.63) is 57.6 Å². The first-order valence-corrected chi connectivity index (χ1v) is 8.51. The highest BCUT2D eigenvalue weighted by Crippen LogP contribution is 2.23. The van der Waals surface area contributed by atoms with Gasteiger partial charge in [-0.05, 0) is 30.3 Å². The number of aromatic nitrogens is 1. The van der Waals surface area contributed by atoms with Crippen molar-refractivity contribution in [1.82, 2.24) is 9.88 Å². The van der Waals surface area contributed by atoms with E-state index < -0.39 is 17.4 Å². The van der Waals surface area contributed by atoms with Crippen LogP contribution in [0.25, 0.3) is 0 Å². The number of carbonyl (C=O) groups is 2. The lowest BCUT2D eigenvalue weighted by Crippen LogP contribution is -2.40. The molecule has 1 aromatic carbocycles. The van der Waals surface area contributed by atoms with Gasteiger partial charge in [0.1, 0.15) is 5.15 Å². The molecule has 0 spiro atoms. The van der Waals surface area contributed by atoms with Crippen LogP contribution in [-0.4, -0.2) is 48.0 Å². The highest BCUT2D eigenvalue weighted by Gasteiger charge is 2.21. The number of pyridine rings is 1. The number of rotatable bonds is 3. The number of ether oxygens (including phenoxy) is 1. The van der Waals surface area contributed by atoms with E-state index in [1.54, 1.807) is 4.90 Å². The number of hydrogen-bond donors (Lipinski definition) is 1. The maximum atomic E-state index is 13.7. The van der Waals surface area contributed by atoms with Crippen LogP contribution in [0.15, 0.2) is 30.3 Å². The Morgan fingerprint density at radius 1 is 1.15 bits per heavy atom. The molecule has 2 heterocycles. The van der Waals surface area contributed by atoms with Gasteiger partial charge in [0.15, 0.2) is 11.5 Å². The van der Waals surface area contributed by atoms with E-state index in [4.69, 9.17) is 27.9 Å². The van der Waals surface area contributed by atoms with E-state index in [1.165, 1.54) is 24.3 Å². The SMILES string of the molecule is O=C(Nc1ccc(C(=O)N2CCOCC2)c(Cl)c1)c1nc(Cl)ccc1F. The number of hydrogen-bond acceptors (Lipinski definition) is 4. The predicted octanol–water partition coefficient (Wildman–Crippen LogP) is 3.25. The molecule has 0 unspecified atom stereocenters. The van der Waals surface area contributed by atoms with E-state index in [9.17, 15) is 14.0 Å². The van der Waals surface area contributed by atoms with Gasteiger partial charge in [-0.15, -0.1) is 0 Å². The van der Waals surface area contributed by atoms with Gasteiger partial charge in [0.05, 0.1) is 23.8 Å². The molecule has 9 heteroatoms. The molecule has 136 valence electrons. The molecule has 0 bridgehead atoms. The summed E-state index contributed by atoms with van der Waals surface area (Å²) >= 11 is 11.9. The molecule has 2 amide bonds. The standard InChI is InChI=1S/C17H14Cl2FN3O3/c18-12-9-10(21-16(24)15-13(20)3-4-14(19)22-15)1-2-11(12)17(25)23-5-7-26-8-6-23/h1-4,9H,5-8H2,(H,21,24). The van der Waals surface area contributed by atoms with Gasteiger partial charge in [0.25, 0.3) is 11.8 Å². The van der Waals surface area contributed by atoms with Crippen molar-refractivity contribution in [3.63, 3.8) is 0 Å². The van der Waals surface area contributed by atoms with Crippen LogP contribution in [0, 0.1) is 5.82 Å². The van der Waals surface area contributed by atoms with Gasteiger partial charge >= 0.3 is 0 Å². The molecule has 0 atom stereocenters. The molecule has 1 aliphatic rings. The predicted molar refractivity (Wildman–Crippen MR) is 95.3 cm³/mol. The van der Waals surface area contributed by atoms with E-state index in [-0.39, 0.29) is 16.1 Å². The van der Waals surface area contributed by atoms with Gasteiger partial charge in [-0.2, -0.15) is 0 Å². The zero-order valence-corrected chi connectivity index (χ0v) is 15.0. The first kappa shape index (κ1) is 18.6. The Morgan fingerprint density at radius 2 is 1.88 bits per heavy atom. The lowest BCUT2D eigenvalue weighted by molar-refractivity contribution is 0.0303. The average Bonchev–Trinajstić information content (AvgIpc) is 2.64. The Labute approximate surface area is 158 Å². The molecule has 0 saturated carbocycles. The minimum Gasteiger partial charge on any atom is -0.378 e. The van der Waals surface area contributed by atoms with E-state index in [1.807, 2.05) is 0 Å². The number of benzene rings is 1. The summed E-state index contributed by atoms with van der Waals surface area (Å²) < 4.78 is 18.9. The summed E-state index contributed by atoms with van der Waals surface area (Å²) in [6.07, 6.45) is 0. The summed E-state index contributed by atoms with van der Waals surface area (Å²) in [6, 6.07) is 6.75. The van der Waals surface area contributed by atoms with Crippen LogP contribution in [-0.2, 0) is 4.74 Å². The molecule has 26 heavy (non-hydrogen) atoms.